The summed E-state index contributed by atoms with van der Waals surface area (Å²) in [6.07, 6.45) is 0. The molecule has 0 fully saturated rings. The number of rotatable bonds is 6. The second kappa shape index (κ2) is 8.05. The molecule has 8 nitrogen and oxygen atoms in total. The first-order valence-electron chi connectivity index (χ1n) is 8.17. The Balaban J connectivity index is 1.94. The van der Waals surface area contributed by atoms with E-state index in [0.717, 1.165) is 16.3 Å². The van der Waals surface area contributed by atoms with E-state index in [2.05, 4.69) is 10.3 Å². The molecule has 0 aliphatic rings. The van der Waals surface area contributed by atoms with Crippen molar-refractivity contribution in [3.8, 4) is 22.8 Å². The number of nitro benzene ring substituents is 1. The summed E-state index contributed by atoms with van der Waals surface area (Å²) in [7, 11) is 2.76. The van der Waals surface area contributed by atoms with Crippen LogP contribution in [0.4, 0.5) is 11.4 Å². The first-order chi connectivity index (χ1) is 13.4. The molecule has 2 aromatic carbocycles. The third-order valence-electron chi connectivity index (χ3n) is 3.98. The van der Waals surface area contributed by atoms with Gasteiger partial charge in [0.05, 0.1) is 35.9 Å². The number of nitrogens with one attached hydrogen (secondary N) is 1. The number of nitrogens with zero attached hydrogens (tertiary/aromatic N) is 2. The van der Waals surface area contributed by atoms with Crippen LogP contribution in [0.2, 0.25) is 0 Å². The van der Waals surface area contributed by atoms with Gasteiger partial charge < -0.3 is 14.8 Å². The predicted molar refractivity (Wildman–Crippen MR) is 106 cm³/mol. The van der Waals surface area contributed by atoms with Gasteiger partial charge in [0.25, 0.3) is 11.6 Å². The molecule has 28 heavy (non-hydrogen) atoms. The van der Waals surface area contributed by atoms with E-state index in [4.69, 9.17) is 9.47 Å². The van der Waals surface area contributed by atoms with Gasteiger partial charge in [-0.2, -0.15) is 0 Å². The van der Waals surface area contributed by atoms with Gasteiger partial charge in [0.1, 0.15) is 5.56 Å². The average Bonchev–Trinajstić information content (AvgIpc) is 3.13. The summed E-state index contributed by atoms with van der Waals surface area (Å²) in [5, 5.41) is 17.0. The van der Waals surface area contributed by atoms with Crippen LogP contribution in [-0.4, -0.2) is 30.0 Å². The van der Waals surface area contributed by atoms with Crippen LogP contribution in [0.1, 0.15) is 15.4 Å². The van der Waals surface area contributed by atoms with Gasteiger partial charge in [-0.25, -0.2) is 4.98 Å². The van der Waals surface area contributed by atoms with Crippen molar-refractivity contribution in [2.75, 3.05) is 19.5 Å². The van der Waals surface area contributed by atoms with Crippen molar-refractivity contribution in [1.29, 1.82) is 0 Å². The van der Waals surface area contributed by atoms with Gasteiger partial charge in [-0.3, -0.25) is 14.9 Å². The first-order valence-corrected chi connectivity index (χ1v) is 9.05. The van der Waals surface area contributed by atoms with Crippen molar-refractivity contribution < 1.29 is 19.2 Å². The van der Waals surface area contributed by atoms with Gasteiger partial charge in [0, 0.05) is 22.7 Å². The summed E-state index contributed by atoms with van der Waals surface area (Å²) in [5.74, 6) is -0.226. The molecule has 144 valence electrons. The molecule has 0 atom stereocenters. The molecule has 3 rings (SSSR count). The molecule has 0 spiro atoms. The van der Waals surface area contributed by atoms with Gasteiger partial charge in [0.2, 0.25) is 0 Å². The Morgan fingerprint density at radius 3 is 2.50 bits per heavy atom. The number of amides is 1. The number of methoxy groups -OCH3 is 2. The summed E-state index contributed by atoms with van der Waals surface area (Å²) < 4.78 is 10.2. The van der Waals surface area contributed by atoms with Crippen LogP contribution in [-0.2, 0) is 0 Å². The summed E-state index contributed by atoms with van der Waals surface area (Å²) in [5.41, 5.74) is 1.64. The third kappa shape index (κ3) is 3.94. The highest BCUT2D eigenvalue weighted by molar-refractivity contribution is 7.09. The fourth-order valence-electron chi connectivity index (χ4n) is 2.65. The van der Waals surface area contributed by atoms with E-state index in [1.54, 1.807) is 18.2 Å². The Kier molecular flexibility index (Phi) is 5.55. The predicted octanol–water partition coefficient (Wildman–Crippen LogP) is 4.30. The number of benzene rings is 2. The number of anilines is 1. The lowest BCUT2D eigenvalue weighted by molar-refractivity contribution is -0.385. The van der Waals surface area contributed by atoms with Crippen LogP contribution >= 0.6 is 11.3 Å². The van der Waals surface area contributed by atoms with Crippen molar-refractivity contribution in [1.82, 2.24) is 4.98 Å². The fraction of sp³-hybridized carbons (Fsp3) is 0.158. The van der Waals surface area contributed by atoms with Crippen molar-refractivity contribution in [3.05, 3.63) is 62.5 Å². The van der Waals surface area contributed by atoms with E-state index in [9.17, 15) is 14.9 Å². The van der Waals surface area contributed by atoms with Gasteiger partial charge >= 0.3 is 0 Å². The lowest BCUT2D eigenvalue weighted by atomic mass is 10.1. The van der Waals surface area contributed by atoms with Crippen molar-refractivity contribution in [2.24, 2.45) is 0 Å². The molecular weight excluding hydrogens is 382 g/mol. The van der Waals surface area contributed by atoms with E-state index in [1.807, 2.05) is 18.4 Å². The van der Waals surface area contributed by atoms with Crippen LogP contribution in [0, 0.1) is 17.0 Å². The number of thiazole rings is 1. The zero-order valence-corrected chi connectivity index (χ0v) is 16.2. The highest BCUT2D eigenvalue weighted by Crippen LogP contribution is 2.35. The van der Waals surface area contributed by atoms with Crippen LogP contribution in [0.15, 0.2) is 41.8 Å². The maximum Gasteiger partial charge on any atom is 0.286 e. The summed E-state index contributed by atoms with van der Waals surface area (Å²) in [6.45, 7) is 1.91. The molecule has 0 aliphatic heterocycles. The number of carbonyl (C=O) groups excluding carboxylic acids is 1. The van der Waals surface area contributed by atoms with E-state index in [0.29, 0.717) is 5.69 Å². The molecule has 1 N–H and O–H groups in total. The van der Waals surface area contributed by atoms with Gasteiger partial charge in [-0.05, 0) is 19.1 Å². The highest BCUT2D eigenvalue weighted by Gasteiger charge is 2.24. The molecule has 0 unspecified atom stereocenters. The van der Waals surface area contributed by atoms with Gasteiger partial charge in [0.15, 0.2) is 11.5 Å². The SMILES string of the molecule is COc1cc(C(=O)Nc2cccc(-c3csc(C)n3)c2)c([N+](=O)[O-])cc1OC. The Bertz CT molecular complexity index is 1050. The zero-order valence-electron chi connectivity index (χ0n) is 15.4. The Hall–Kier alpha value is -3.46. The Morgan fingerprint density at radius 1 is 1.18 bits per heavy atom. The maximum absolute atomic E-state index is 12.7. The number of aromatic nitrogens is 1. The first kappa shape index (κ1) is 19.3. The minimum absolute atomic E-state index is 0.127. The van der Waals surface area contributed by atoms with E-state index in [-0.39, 0.29) is 22.7 Å². The highest BCUT2D eigenvalue weighted by atomic mass is 32.1. The quantitative estimate of drug-likeness (QED) is 0.490. The monoisotopic (exact) mass is 399 g/mol. The minimum atomic E-state index is -0.634. The molecule has 1 heterocycles. The Morgan fingerprint density at radius 2 is 1.89 bits per heavy atom. The molecule has 1 amide bonds. The molecule has 0 bridgehead atoms. The normalized spacial score (nSPS) is 10.4. The smallest absolute Gasteiger partial charge is 0.286 e. The number of hydrogen-bond acceptors (Lipinski definition) is 7. The molecule has 0 radical (unpaired) electrons. The molecule has 0 aliphatic carbocycles. The molecule has 0 saturated carbocycles. The number of carbonyl (C=O) groups is 1. The Labute approximate surface area is 164 Å². The minimum Gasteiger partial charge on any atom is -0.493 e. The molecule has 9 heteroatoms. The fourth-order valence-corrected chi connectivity index (χ4v) is 3.27. The second-order valence-electron chi connectivity index (χ2n) is 5.77. The lowest BCUT2D eigenvalue weighted by Crippen LogP contribution is -2.14. The van der Waals surface area contributed by atoms with Crippen LogP contribution < -0.4 is 14.8 Å². The molecule has 0 saturated heterocycles. The summed E-state index contributed by atoms with van der Waals surface area (Å²) in [4.78, 5) is 27.9. The lowest BCUT2D eigenvalue weighted by Gasteiger charge is -2.11. The van der Waals surface area contributed by atoms with E-state index >= 15 is 0 Å². The van der Waals surface area contributed by atoms with E-state index in [1.165, 1.54) is 37.7 Å². The third-order valence-corrected chi connectivity index (χ3v) is 4.75. The van der Waals surface area contributed by atoms with Crippen molar-refractivity contribution in [3.63, 3.8) is 0 Å². The largest absolute Gasteiger partial charge is 0.493 e. The van der Waals surface area contributed by atoms with Crippen LogP contribution in [0.5, 0.6) is 11.5 Å². The number of hydrogen-bond donors (Lipinski definition) is 1. The van der Waals surface area contributed by atoms with Crippen molar-refractivity contribution >= 4 is 28.6 Å². The zero-order chi connectivity index (χ0) is 20.3. The molecule has 1 aromatic heterocycles. The number of aryl methyl sites for hydroxylation is 1. The van der Waals surface area contributed by atoms with Crippen LogP contribution in [0.25, 0.3) is 11.3 Å². The summed E-state index contributed by atoms with van der Waals surface area (Å²) in [6, 6.07) is 9.58. The van der Waals surface area contributed by atoms with Crippen LogP contribution in [0.3, 0.4) is 0 Å². The molecular formula is C19H17N3O5S. The van der Waals surface area contributed by atoms with Gasteiger partial charge in [-0.1, -0.05) is 12.1 Å². The summed E-state index contributed by atoms with van der Waals surface area (Å²) >= 11 is 1.53. The molecule has 3 aromatic rings. The van der Waals surface area contributed by atoms with Gasteiger partial charge in [-0.15, -0.1) is 11.3 Å². The van der Waals surface area contributed by atoms with E-state index < -0.39 is 10.8 Å². The maximum atomic E-state index is 12.7. The standard InChI is InChI=1S/C19H17N3O5S/c1-11-20-15(10-28-11)12-5-4-6-13(7-12)21-19(23)14-8-17(26-2)18(27-3)9-16(14)22(24)25/h4-10H,1-3H3,(H,21,23). The number of ether oxygens (including phenoxy) is 2. The second-order valence-corrected chi connectivity index (χ2v) is 6.83. The van der Waals surface area contributed by atoms with Crippen molar-refractivity contribution in [2.45, 2.75) is 6.92 Å². The average molecular weight is 399 g/mol. The topological polar surface area (TPSA) is 104 Å². The number of nitro groups is 1.